The fraction of sp³-hybridized carbons (Fsp3) is 0.556. The maximum atomic E-state index is 10.0. The molecule has 4 heteroatoms. The van der Waals surface area contributed by atoms with E-state index in [4.69, 9.17) is 4.74 Å². The van der Waals surface area contributed by atoms with Crippen LogP contribution in [0.15, 0.2) is 18.2 Å². The lowest BCUT2D eigenvalue weighted by atomic mass is 10.1. The van der Waals surface area contributed by atoms with Gasteiger partial charge in [-0.3, -0.25) is 0 Å². The summed E-state index contributed by atoms with van der Waals surface area (Å²) in [6.45, 7) is 2.23. The van der Waals surface area contributed by atoms with Crippen molar-refractivity contribution < 1.29 is 9.84 Å². The lowest BCUT2D eigenvalue weighted by Crippen LogP contribution is -1.96. The van der Waals surface area contributed by atoms with Crippen LogP contribution in [0.4, 0.5) is 0 Å². The van der Waals surface area contributed by atoms with Crippen LogP contribution in [0.2, 0.25) is 0 Å². The molecule has 1 aromatic carbocycles. The number of methoxy groups -OCH3 is 1. The van der Waals surface area contributed by atoms with Gasteiger partial charge in [-0.2, -0.15) is 0 Å². The molecule has 0 saturated carbocycles. The standard InChI is InChI=1S/C18H26N2O2/c1-3-4-5-6-7-8-9-10-16-18(21)20-17-13-14(22-2)11-12-15(17)19-16/h11-13H,3-10H2,1-2H3,(H,20,21). The van der Waals surface area contributed by atoms with Crippen LogP contribution < -0.4 is 4.74 Å². The van der Waals surface area contributed by atoms with Gasteiger partial charge in [0.1, 0.15) is 11.4 Å². The third-order valence-corrected chi connectivity index (χ3v) is 3.94. The van der Waals surface area contributed by atoms with Crippen molar-refractivity contribution in [2.24, 2.45) is 0 Å². The van der Waals surface area contributed by atoms with Gasteiger partial charge in [0, 0.05) is 6.07 Å². The van der Waals surface area contributed by atoms with Crippen LogP contribution in [-0.2, 0) is 6.42 Å². The van der Waals surface area contributed by atoms with E-state index in [1.165, 1.54) is 38.5 Å². The third kappa shape index (κ3) is 4.58. The minimum Gasteiger partial charge on any atom is -0.497 e. The number of hydrogen-bond donors (Lipinski definition) is 1. The van der Waals surface area contributed by atoms with Gasteiger partial charge in [0.15, 0.2) is 0 Å². The Morgan fingerprint density at radius 3 is 2.41 bits per heavy atom. The molecule has 1 N–H and O–H groups in total. The molecule has 0 fully saturated rings. The molecule has 0 spiro atoms. The summed E-state index contributed by atoms with van der Waals surface area (Å²) < 4.78 is 5.16. The number of aromatic nitrogens is 2. The molecule has 22 heavy (non-hydrogen) atoms. The van der Waals surface area contributed by atoms with Crippen molar-refractivity contribution in [2.45, 2.75) is 58.3 Å². The third-order valence-electron chi connectivity index (χ3n) is 3.94. The molecule has 0 aliphatic carbocycles. The van der Waals surface area contributed by atoms with E-state index in [1.54, 1.807) is 13.2 Å². The number of unbranched alkanes of at least 4 members (excludes halogenated alkanes) is 6. The van der Waals surface area contributed by atoms with Crippen LogP contribution in [0.1, 0.15) is 57.6 Å². The number of aryl methyl sites for hydroxylation is 1. The van der Waals surface area contributed by atoms with E-state index in [-0.39, 0.29) is 5.88 Å². The zero-order chi connectivity index (χ0) is 15.8. The summed E-state index contributed by atoms with van der Waals surface area (Å²) in [5.41, 5.74) is 2.17. The number of hydrogen-bond acceptors (Lipinski definition) is 4. The van der Waals surface area contributed by atoms with Gasteiger partial charge in [0.05, 0.1) is 18.1 Å². The van der Waals surface area contributed by atoms with Crippen LogP contribution in [0.5, 0.6) is 11.6 Å². The first-order chi connectivity index (χ1) is 10.7. The number of rotatable bonds is 9. The second-order valence-electron chi connectivity index (χ2n) is 5.72. The van der Waals surface area contributed by atoms with Crippen LogP contribution in [-0.4, -0.2) is 22.2 Å². The average Bonchev–Trinajstić information content (AvgIpc) is 2.53. The molecule has 2 rings (SSSR count). The van der Waals surface area contributed by atoms with Gasteiger partial charge in [-0.1, -0.05) is 45.4 Å². The first-order valence-electron chi connectivity index (χ1n) is 8.28. The molecule has 1 heterocycles. The highest BCUT2D eigenvalue weighted by Gasteiger charge is 2.08. The molecule has 0 atom stereocenters. The topological polar surface area (TPSA) is 55.2 Å². The van der Waals surface area contributed by atoms with E-state index in [0.29, 0.717) is 11.2 Å². The van der Waals surface area contributed by atoms with Crippen molar-refractivity contribution >= 4 is 11.0 Å². The second kappa shape index (κ2) is 8.57. The molecule has 0 amide bonds. The number of benzene rings is 1. The molecular formula is C18H26N2O2. The summed E-state index contributed by atoms with van der Waals surface area (Å²) >= 11 is 0. The highest BCUT2D eigenvalue weighted by atomic mass is 16.5. The molecule has 0 radical (unpaired) electrons. The SMILES string of the molecule is CCCCCCCCCc1nc2ccc(OC)cc2nc1O. The van der Waals surface area contributed by atoms with Gasteiger partial charge in [0.2, 0.25) is 5.88 Å². The summed E-state index contributed by atoms with van der Waals surface area (Å²) in [6, 6.07) is 5.54. The molecule has 4 nitrogen and oxygen atoms in total. The summed E-state index contributed by atoms with van der Waals surface area (Å²) in [4.78, 5) is 8.77. The van der Waals surface area contributed by atoms with Crippen molar-refractivity contribution in [2.75, 3.05) is 7.11 Å². The molecule has 2 aromatic rings. The first-order valence-corrected chi connectivity index (χ1v) is 8.28. The van der Waals surface area contributed by atoms with E-state index in [1.807, 2.05) is 12.1 Å². The van der Waals surface area contributed by atoms with E-state index in [2.05, 4.69) is 16.9 Å². The van der Waals surface area contributed by atoms with Crippen LogP contribution in [0.25, 0.3) is 11.0 Å². The Labute approximate surface area is 132 Å². The average molecular weight is 302 g/mol. The minimum atomic E-state index is 0.0479. The fourth-order valence-electron chi connectivity index (χ4n) is 2.61. The molecule has 120 valence electrons. The molecular weight excluding hydrogens is 276 g/mol. The fourth-order valence-corrected chi connectivity index (χ4v) is 2.61. The van der Waals surface area contributed by atoms with Crippen LogP contribution in [0.3, 0.4) is 0 Å². The molecule has 1 aromatic heterocycles. The van der Waals surface area contributed by atoms with Gasteiger partial charge in [-0.05, 0) is 25.0 Å². The normalized spacial score (nSPS) is 11.0. The minimum absolute atomic E-state index is 0.0479. The van der Waals surface area contributed by atoms with E-state index in [9.17, 15) is 5.11 Å². The maximum absolute atomic E-state index is 10.0. The zero-order valence-electron chi connectivity index (χ0n) is 13.6. The van der Waals surface area contributed by atoms with Crippen LogP contribution in [0, 0.1) is 0 Å². The second-order valence-corrected chi connectivity index (χ2v) is 5.72. The number of aromatic hydroxyl groups is 1. The quantitative estimate of drug-likeness (QED) is 0.686. The first kappa shape index (κ1) is 16.5. The Kier molecular flexibility index (Phi) is 6.44. The lowest BCUT2D eigenvalue weighted by molar-refractivity contribution is 0.415. The zero-order valence-corrected chi connectivity index (χ0v) is 13.6. The molecule has 0 aliphatic rings. The summed E-state index contributed by atoms with van der Waals surface area (Å²) in [5, 5.41) is 10.0. The summed E-state index contributed by atoms with van der Waals surface area (Å²) in [7, 11) is 1.61. The van der Waals surface area contributed by atoms with Gasteiger partial charge >= 0.3 is 0 Å². The maximum Gasteiger partial charge on any atom is 0.233 e. The van der Waals surface area contributed by atoms with Crippen molar-refractivity contribution in [3.8, 4) is 11.6 Å². The predicted octanol–water partition coefficient (Wildman–Crippen LogP) is 4.64. The van der Waals surface area contributed by atoms with E-state index >= 15 is 0 Å². The van der Waals surface area contributed by atoms with Crippen molar-refractivity contribution in [1.82, 2.24) is 9.97 Å². The number of nitrogens with zero attached hydrogens (tertiary/aromatic N) is 2. The monoisotopic (exact) mass is 302 g/mol. The smallest absolute Gasteiger partial charge is 0.233 e. The van der Waals surface area contributed by atoms with Crippen molar-refractivity contribution in [1.29, 1.82) is 0 Å². The van der Waals surface area contributed by atoms with Crippen molar-refractivity contribution in [3.05, 3.63) is 23.9 Å². The van der Waals surface area contributed by atoms with E-state index < -0.39 is 0 Å². The predicted molar refractivity (Wildman–Crippen MR) is 89.5 cm³/mol. The van der Waals surface area contributed by atoms with Crippen molar-refractivity contribution in [3.63, 3.8) is 0 Å². The lowest BCUT2D eigenvalue weighted by Gasteiger charge is -2.06. The van der Waals surface area contributed by atoms with Gasteiger partial charge in [-0.25, -0.2) is 9.97 Å². The van der Waals surface area contributed by atoms with Crippen LogP contribution >= 0.6 is 0 Å². The number of fused-ring (bicyclic) bond motifs is 1. The van der Waals surface area contributed by atoms with Gasteiger partial charge in [-0.15, -0.1) is 0 Å². The number of ether oxygens (including phenoxy) is 1. The molecule has 0 aliphatic heterocycles. The Hall–Kier alpha value is -1.84. The largest absolute Gasteiger partial charge is 0.497 e. The highest BCUT2D eigenvalue weighted by Crippen LogP contribution is 2.23. The molecule has 0 bridgehead atoms. The van der Waals surface area contributed by atoms with Gasteiger partial charge < -0.3 is 9.84 Å². The highest BCUT2D eigenvalue weighted by molar-refractivity contribution is 5.76. The molecule has 0 saturated heterocycles. The Balaban J connectivity index is 1.90. The summed E-state index contributed by atoms with van der Waals surface area (Å²) in [5.74, 6) is 0.771. The Morgan fingerprint density at radius 2 is 1.68 bits per heavy atom. The van der Waals surface area contributed by atoms with E-state index in [0.717, 1.165) is 24.1 Å². The Bertz CT molecular complexity index is 599. The summed E-state index contributed by atoms with van der Waals surface area (Å²) in [6.07, 6.45) is 9.54. The Morgan fingerprint density at radius 1 is 0.955 bits per heavy atom. The molecule has 0 unspecified atom stereocenters. The van der Waals surface area contributed by atoms with Gasteiger partial charge in [0.25, 0.3) is 0 Å².